The molecule has 0 aromatic heterocycles. The Morgan fingerprint density at radius 2 is 1.84 bits per heavy atom. The standard InChI is InChI=1S/C16H17NO2/c1-11-8-9-15(14(10-11)16(18)19)17-12(2)13-6-4-3-5-7-13/h3-10,12,17H,1-2H3,(H,18,19). The predicted octanol–water partition coefficient (Wildman–Crippen LogP) is 3.87. The molecule has 0 aliphatic carbocycles. The van der Waals surface area contributed by atoms with Crippen LogP contribution < -0.4 is 5.32 Å². The molecule has 1 atom stereocenters. The zero-order chi connectivity index (χ0) is 13.8. The summed E-state index contributed by atoms with van der Waals surface area (Å²) in [6.07, 6.45) is 0. The molecule has 2 aromatic carbocycles. The van der Waals surface area contributed by atoms with Crippen LogP contribution in [0.4, 0.5) is 5.69 Å². The van der Waals surface area contributed by atoms with Gasteiger partial charge in [0.2, 0.25) is 0 Å². The molecule has 0 aliphatic rings. The number of aromatic carboxylic acids is 1. The fourth-order valence-corrected chi connectivity index (χ4v) is 2.02. The number of anilines is 1. The molecule has 0 heterocycles. The van der Waals surface area contributed by atoms with Crippen LogP contribution in [0.25, 0.3) is 0 Å². The van der Waals surface area contributed by atoms with Crippen molar-refractivity contribution in [3.8, 4) is 0 Å². The Balaban J connectivity index is 2.26. The molecule has 0 fully saturated rings. The molecule has 98 valence electrons. The van der Waals surface area contributed by atoms with Crippen LogP contribution >= 0.6 is 0 Å². The van der Waals surface area contributed by atoms with Gasteiger partial charge in [-0.15, -0.1) is 0 Å². The molecule has 2 aromatic rings. The van der Waals surface area contributed by atoms with Gasteiger partial charge in [-0.25, -0.2) is 4.79 Å². The summed E-state index contributed by atoms with van der Waals surface area (Å²) in [6.45, 7) is 3.90. The molecule has 2 rings (SSSR count). The summed E-state index contributed by atoms with van der Waals surface area (Å²) in [5.74, 6) is -0.911. The van der Waals surface area contributed by atoms with E-state index >= 15 is 0 Å². The molecule has 3 nitrogen and oxygen atoms in total. The molecule has 19 heavy (non-hydrogen) atoms. The minimum atomic E-state index is -0.911. The normalized spacial score (nSPS) is 11.9. The highest BCUT2D eigenvalue weighted by molar-refractivity contribution is 5.94. The van der Waals surface area contributed by atoms with Crippen LogP contribution in [-0.2, 0) is 0 Å². The number of carbonyl (C=O) groups is 1. The topological polar surface area (TPSA) is 49.3 Å². The molecular formula is C16H17NO2. The van der Waals surface area contributed by atoms with Crippen molar-refractivity contribution in [1.29, 1.82) is 0 Å². The monoisotopic (exact) mass is 255 g/mol. The highest BCUT2D eigenvalue weighted by Crippen LogP contribution is 2.23. The second-order valence-electron chi connectivity index (χ2n) is 4.63. The second kappa shape index (κ2) is 5.57. The van der Waals surface area contributed by atoms with Gasteiger partial charge in [0.1, 0.15) is 0 Å². The third kappa shape index (κ3) is 3.13. The lowest BCUT2D eigenvalue weighted by atomic mass is 10.1. The summed E-state index contributed by atoms with van der Waals surface area (Å²) >= 11 is 0. The SMILES string of the molecule is Cc1ccc(NC(C)c2ccccc2)c(C(=O)O)c1. The third-order valence-corrected chi connectivity index (χ3v) is 3.08. The average molecular weight is 255 g/mol. The molecule has 2 N–H and O–H groups in total. The Morgan fingerprint density at radius 3 is 2.47 bits per heavy atom. The first kappa shape index (κ1) is 13.1. The number of carboxylic acid groups (broad SMARTS) is 1. The van der Waals surface area contributed by atoms with E-state index < -0.39 is 5.97 Å². The lowest BCUT2D eigenvalue weighted by Gasteiger charge is -2.17. The van der Waals surface area contributed by atoms with Gasteiger partial charge < -0.3 is 10.4 Å². The maximum Gasteiger partial charge on any atom is 0.337 e. The van der Waals surface area contributed by atoms with Gasteiger partial charge in [-0.1, -0.05) is 42.0 Å². The van der Waals surface area contributed by atoms with Gasteiger partial charge in [0, 0.05) is 11.7 Å². The van der Waals surface area contributed by atoms with Crippen molar-refractivity contribution in [3.05, 3.63) is 65.2 Å². The summed E-state index contributed by atoms with van der Waals surface area (Å²) in [4.78, 5) is 11.3. The Labute approximate surface area is 112 Å². The van der Waals surface area contributed by atoms with Crippen molar-refractivity contribution in [2.45, 2.75) is 19.9 Å². The van der Waals surface area contributed by atoms with Gasteiger partial charge >= 0.3 is 5.97 Å². The molecule has 0 spiro atoms. The van der Waals surface area contributed by atoms with Crippen LogP contribution in [0.5, 0.6) is 0 Å². The van der Waals surface area contributed by atoms with Crippen LogP contribution in [-0.4, -0.2) is 11.1 Å². The molecule has 0 bridgehead atoms. The lowest BCUT2D eigenvalue weighted by molar-refractivity contribution is 0.0698. The molecule has 3 heteroatoms. The van der Waals surface area contributed by atoms with Gasteiger partial charge in [0.15, 0.2) is 0 Å². The van der Waals surface area contributed by atoms with E-state index in [9.17, 15) is 9.90 Å². The van der Waals surface area contributed by atoms with E-state index in [1.165, 1.54) is 0 Å². The number of rotatable bonds is 4. The molecular weight excluding hydrogens is 238 g/mol. The van der Waals surface area contributed by atoms with E-state index in [1.54, 1.807) is 6.07 Å². The zero-order valence-electron chi connectivity index (χ0n) is 11.1. The number of aryl methyl sites for hydroxylation is 1. The maximum atomic E-state index is 11.3. The van der Waals surface area contributed by atoms with Gasteiger partial charge in [0.05, 0.1) is 5.56 Å². The third-order valence-electron chi connectivity index (χ3n) is 3.08. The maximum absolute atomic E-state index is 11.3. The van der Waals surface area contributed by atoms with Crippen molar-refractivity contribution < 1.29 is 9.90 Å². The summed E-state index contributed by atoms with van der Waals surface area (Å²) in [6, 6.07) is 15.4. The van der Waals surface area contributed by atoms with E-state index in [0.29, 0.717) is 11.3 Å². The van der Waals surface area contributed by atoms with Gasteiger partial charge in [-0.3, -0.25) is 0 Å². The lowest BCUT2D eigenvalue weighted by Crippen LogP contribution is -2.10. The van der Waals surface area contributed by atoms with Gasteiger partial charge in [-0.05, 0) is 31.5 Å². The number of hydrogen-bond donors (Lipinski definition) is 2. The highest BCUT2D eigenvalue weighted by Gasteiger charge is 2.12. The van der Waals surface area contributed by atoms with E-state index in [4.69, 9.17) is 0 Å². The Bertz CT molecular complexity index is 579. The summed E-state index contributed by atoms with van der Waals surface area (Å²) in [5, 5.41) is 12.5. The second-order valence-corrected chi connectivity index (χ2v) is 4.63. The minimum absolute atomic E-state index is 0.0574. The summed E-state index contributed by atoms with van der Waals surface area (Å²) < 4.78 is 0. The zero-order valence-corrected chi connectivity index (χ0v) is 11.1. The van der Waals surface area contributed by atoms with Gasteiger partial charge in [-0.2, -0.15) is 0 Å². The minimum Gasteiger partial charge on any atom is -0.478 e. The summed E-state index contributed by atoms with van der Waals surface area (Å²) in [5.41, 5.74) is 3.02. The van der Waals surface area contributed by atoms with Crippen molar-refractivity contribution in [2.24, 2.45) is 0 Å². The number of hydrogen-bond acceptors (Lipinski definition) is 2. The number of benzene rings is 2. The fraction of sp³-hybridized carbons (Fsp3) is 0.188. The molecule has 0 aliphatic heterocycles. The van der Waals surface area contributed by atoms with E-state index in [2.05, 4.69) is 5.32 Å². The van der Waals surface area contributed by atoms with Crippen LogP contribution in [0.15, 0.2) is 48.5 Å². The van der Waals surface area contributed by atoms with Crippen molar-refractivity contribution in [1.82, 2.24) is 0 Å². The first-order valence-electron chi connectivity index (χ1n) is 6.23. The predicted molar refractivity (Wildman–Crippen MR) is 76.6 cm³/mol. The molecule has 0 saturated heterocycles. The first-order chi connectivity index (χ1) is 9.08. The Kier molecular flexibility index (Phi) is 3.85. The van der Waals surface area contributed by atoms with Crippen molar-refractivity contribution in [2.75, 3.05) is 5.32 Å². The highest BCUT2D eigenvalue weighted by atomic mass is 16.4. The van der Waals surface area contributed by atoms with Crippen molar-refractivity contribution in [3.63, 3.8) is 0 Å². The Morgan fingerprint density at radius 1 is 1.16 bits per heavy atom. The number of nitrogens with one attached hydrogen (secondary N) is 1. The molecule has 0 amide bonds. The van der Waals surface area contributed by atoms with Crippen LogP contribution in [0.1, 0.15) is 34.5 Å². The Hall–Kier alpha value is -2.29. The first-order valence-corrected chi connectivity index (χ1v) is 6.23. The molecule has 1 unspecified atom stereocenters. The fourth-order valence-electron chi connectivity index (χ4n) is 2.02. The van der Waals surface area contributed by atoms with Crippen LogP contribution in [0.3, 0.4) is 0 Å². The van der Waals surface area contributed by atoms with Crippen molar-refractivity contribution >= 4 is 11.7 Å². The summed E-state index contributed by atoms with van der Waals surface area (Å²) in [7, 11) is 0. The molecule has 0 radical (unpaired) electrons. The molecule has 0 saturated carbocycles. The van der Waals surface area contributed by atoms with E-state index in [-0.39, 0.29) is 6.04 Å². The largest absolute Gasteiger partial charge is 0.478 e. The number of carboxylic acids is 1. The average Bonchev–Trinajstić information content (AvgIpc) is 2.41. The smallest absolute Gasteiger partial charge is 0.337 e. The van der Waals surface area contributed by atoms with E-state index in [0.717, 1.165) is 11.1 Å². The van der Waals surface area contributed by atoms with E-state index in [1.807, 2.05) is 56.3 Å². The van der Waals surface area contributed by atoms with Crippen LogP contribution in [0.2, 0.25) is 0 Å². The van der Waals surface area contributed by atoms with Gasteiger partial charge in [0.25, 0.3) is 0 Å². The quantitative estimate of drug-likeness (QED) is 0.872. The van der Waals surface area contributed by atoms with Crippen LogP contribution in [0, 0.1) is 6.92 Å².